The minimum absolute atomic E-state index is 0.0137. The van der Waals surface area contributed by atoms with Gasteiger partial charge in [0.1, 0.15) is 5.76 Å². The molecule has 1 aliphatic rings. The number of rotatable bonds is 6. The van der Waals surface area contributed by atoms with Gasteiger partial charge in [-0.15, -0.1) is 0 Å². The summed E-state index contributed by atoms with van der Waals surface area (Å²) in [5.74, 6) is 0.703. The molecule has 0 N–H and O–H groups in total. The minimum atomic E-state index is -3.07. The zero-order valence-corrected chi connectivity index (χ0v) is 13.8. The number of hydrogen-bond acceptors (Lipinski definition) is 4. The van der Waals surface area contributed by atoms with Crippen LogP contribution in [0.3, 0.4) is 0 Å². The van der Waals surface area contributed by atoms with Crippen LogP contribution in [-0.4, -0.2) is 31.5 Å². The smallest absolute Gasteiger partial charge is 0.254 e. The van der Waals surface area contributed by atoms with Crippen molar-refractivity contribution in [1.29, 1.82) is 0 Å². The molecule has 122 valence electrons. The van der Waals surface area contributed by atoms with Gasteiger partial charge in [0.2, 0.25) is 0 Å². The van der Waals surface area contributed by atoms with Crippen LogP contribution in [0.4, 0.5) is 0 Å². The highest BCUT2D eigenvalue weighted by atomic mass is 32.2. The van der Waals surface area contributed by atoms with Crippen LogP contribution in [0.2, 0.25) is 0 Å². The second kappa shape index (κ2) is 6.20. The summed E-state index contributed by atoms with van der Waals surface area (Å²) >= 11 is 0. The molecule has 1 aromatic heterocycles. The normalized spacial score (nSPS) is 14.7. The van der Waals surface area contributed by atoms with Gasteiger partial charge in [-0.1, -0.05) is 12.1 Å². The SMILES string of the molecule is CS(=O)(=O)Cc1ccc(C(=O)N(Cc2ccco2)C2CC2)cc1. The van der Waals surface area contributed by atoms with E-state index in [0.29, 0.717) is 17.7 Å². The molecule has 0 unspecified atom stereocenters. The lowest BCUT2D eigenvalue weighted by molar-refractivity contribution is 0.0717. The molecule has 0 spiro atoms. The van der Waals surface area contributed by atoms with Gasteiger partial charge in [0.25, 0.3) is 5.91 Å². The Labute approximate surface area is 135 Å². The molecule has 1 saturated carbocycles. The lowest BCUT2D eigenvalue weighted by Crippen LogP contribution is -2.32. The zero-order chi connectivity index (χ0) is 16.4. The van der Waals surface area contributed by atoms with Crippen LogP contribution < -0.4 is 0 Å². The lowest BCUT2D eigenvalue weighted by atomic mass is 10.1. The van der Waals surface area contributed by atoms with E-state index in [0.717, 1.165) is 18.6 Å². The molecule has 3 rings (SSSR count). The monoisotopic (exact) mass is 333 g/mol. The van der Waals surface area contributed by atoms with Crippen LogP contribution >= 0.6 is 0 Å². The van der Waals surface area contributed by atoms with Gasteiger partial charge in [-0.2, -0.15) is 0 Å². The summed E-state index contributed by atoms with van der Waals surface area (Å²) in [6.45, 7) is 0.460. The first-order valence-electron chi connectivity index (χ1n) is 7.52. The molecule has 2 aromatic rings. The summed E-state index contributed by atoms with van der Waals surface area (Å²) in [6, 6.07) is 10.7. The Morgan fingerprint density at radius 1 is 1.22 bits per heavy atom. The van der Waals surface area contributed by atoms with Gasteiger partial charge in [0.15, 0.2) is 9.84 Å². The molecule has 1 amide bonds. The number of carbonyl (C=O) groups excluding carboxylic acids is 1. The molecule has 0 aliphatic heterocycles. The molecule has 0 atom stereocenters. The average Bonchev–Trinajstić information content (AvgIpc) is 3.20. The second-order valence-electron chi connectivity index (χ2n) is 6.01. The fourth-order valence-corrected chi connectivity index (χ4v) is 3.33. The summed E-state index contributed by atoms with van der Waals surface area (Å²) in [6.07, 6.45) is 4.83. The summed E-state index contributed by atoms with van der Waals surface area (Å²) in [5.41, 5.74) is 1.26. The van der Waals surface area contributed by atoms with Crippen LogP contribution in [0.25, 0.3) is 0 Å². The van der Waals surface area contributed by atoms with Gasteiger partial charge in [-0.05, 0) is 42.7 Å². The quantitative estimate of drug-likeness (QED) is 0.815. The van der Waals surface area contributed by atoms with Crippen LogP contribution in [-0.2, 0) is 22.1 Å². The first-order valence-corrected chi connectivity index (χ1v) is 9.58. The molecule has 23 heavy (non-hydrogen) atoms. The Kier molecular flexibility index (Phi) is 4.26. The highest BCUT2D eigenvalue weighted by molar-refractivity contribution is 7.89. The number of benzene rings is 1. The largest absolute Gasteiger partial charge is 0.467 e. The van der Waals surface area contributed by atoms with Gasteiger partial charge in [0, 0.05) is 17.9 Å². The first kappa shape index (κ1) is 15.8. The third kappa shape index (κ3) is 4.22. The molecule has 0 saturated heterocycles. The van der Waals surface area contributed by atoms with Gasteiger partial charge >= 0.3 is 0 Å². The third-order valence-electron chi connectivity index (χ3n) is 3.78. The highest BCUT2D eigenvalue weighted by Crippen LogP contribution is 2.30. The van der Waals surface area contributed by atoms with E-state index >= 15 is 0 Å². The number of hydrogen-bond donors (Lipinski definition) is 0. The van der Waals surface area contributed by atoms with Crippen LogP contribution in [0.5, 0.6) is 0 Å². The Morgan fingerprint density at radius 3 is 2.43 bits per heavy atom. The Hall–Kier alpha value is -2.08. The van der Waals surface area contributed by atoms with E-state index < -0.39 is 9.84 Å². The van der Waals surface area contributed by atoms with Crippen LogP contribution in [0.1, 0.15) is 34.5 Å². The first-order chi connectivity index (χ1) is 10.9. The molecule has 1 aromatic carbocycles. The van der Waals surface area contributed by atoms with Crippen molar-refractivity contribution in [3.63, 3.8) is 0 Å². The molecule has 0 radical (unpaired) electrons. The van der Waals surface area contributed by atoms with Crippen LogP contribution in [0, 0.1) is 0 Å². The van der Waals surface area contributed by atoms with Crippen molar-refractivity contribution < 1.29 is 17.6 Å². The van der Waals surface area contributed by atoms with E-state index in [1.807, 2.05) is 17.0 Å². The number of carbonyl (C=O) groups is 1. The third-order valence-corrected chi connectivity index (χ3v) is 4.64. The maximum Gasteiger partial charge on any atom is 0.254 e. The molecule has 1 aliphatic carbocycles. The van der Waals surface area contributed by atoms with E-state index in [9.17, 15) is 13.2 Å². The second-order valence-corrected chi connectivity index (χ2v) is 8.15. The van der Waals surface area contributed by atoms with E-state index in [-0.39, 0.29) is 17.7 Å². The van der Waals surface area contributed by atoms with Crippen molar-refractivity contribution in [1.82, 2.24) is 4.90 Å². The van der Waals surface area contributed by atoms with Crippen molar-refractivity contribution in [2.45, 2.75) is 31.2 Å². The number of amides is 1. The molecule has 6 heteroatoms. The topological polar surface area (TPSA) is 67.6 Å². The van der Waals surface area contributed by atoms with Gasteiger partial charge in [-0.3, -0.25) is 4.79 Å². The summed E-state index contributed by atoms with van der Waals surface area (Å²) in [5, 5.41) is 0. The molecular formula is C17H19NO4S. The summed E-state index contributed by atoms with van der Waals surface area (Å²) in [7, 11) is -3.07. The predicted octanol–water partition coefficient (Wildman–Crippen LogP) is 2.63. The fraction of sp³-hybridized carbons (Fsp3) is 0.353. The van der Waals surface area contributed by atoms with E-state index in [1.54, 1.807) is 30.5 Å². The van der Waals surface area contributed by atoms with Crippen molar-refractivity contribution >= 4 is 15.7 Å². The average molecular weight is 333 g/mol. The van der Waals surface area contributed by atoms with E-state index in [1.165, 1.54) is 6.26 Å². The van der Waals surface area contributed by atoms with Crippen LogP contribution in [0.15, 0.2) is 47.1 Å². The van der Waals surface area contributed by atoms with Crippen molar-refractivity contribution in [3.8, 4) is 0 Å². The van der Waals surface area contributed by atoms with Gasteiger partial charge < -0.3 is 9.32 Å². The lowest BCUT2D eigenvalue weighted by Gasteiger charge is -2.21. The Bertz CT molecular complexity index is 775. The number of sulfone groups is 1. The van der Waals surface area contributed by atoms with Crippen molar-refractivity contribution in [2.75, 3.05) is 6.26 Å². The fourth-order valence-electron chi connectivity index (χ4n) is 2.54. The molecular weight excluding hydrogens is 314 g/mol. The number of nitrogens with zero attached hydrogens (tertiary/aromatic N) is 1. The van der Waals surface area contributed by atoms with E-state index in [4.69, 9.17) is 4.42 Å². The minimum Gasteiger partial charge on any atom is -0.467 e. The Balaban J connectivity index is 1.75. The highest BCUT2D eigenvalue weighted by Gasteiger charge is 2.33. The zero-order valence-electron chi connectivity index (χ0n) is 12.9. The van der Waals surface area contributed by atoms with Gasteiger partial charge in [-0.25, -0.2) is 8.42 Å². The van der Waals surface area contributed by atoms with Crippen molar-refractivity contribution in [3.05, 3.63) is 59.5 Å². The molecule has 0 bridgehead atoms. The Morgan fingerprint density at radius 2 is 1.91 bits per heavy atom. The maximum atomic E-state index is 12.7. The molecule has 1 fully saturated rings. The number of furan rings is 1. The van der Waals surface area contributed by atoms with E-state index in [2.05, 4.69) is 0 Å². The standard InChI is InChI=1S/C17H19NO4S/c1-23(20,21)12-13-4-6-14(7-5-13)17(19)18(15-8-9-15)11-16-3-2-10-22-16/h2-7,10,15H,8-9,11-12H2,1H3. The molecule has 1 heterocycles. The summed E-state index contributed by atoms with van der Waals surface area (Å²) in [4.78, 5) is 14.5. The van der Waals surface area contributed by atoms with Crippen molar-refractivity contribution in [2.24, 2.45) is 0 Å². The van der Waals surface area contributed by atoms with Gasteiger partial charge in [0.05, 0.1) is 18.6 Å². The maximum absolute atomic E-state index is 12.7. The molecule has 5 nitrogen and oxygen atoms in total. The predicted molar refractivity (Wildman–Crippen MR) is 86.6 cm³/mol. The summed E-state index contributed by atoms with van der Waals surface area (Å²) < 4.78 is 28.0.